The lowest BCUT2D eigenvalue weighted by atomic mass is 10.2. The van der Waals surface area contributed by atoms with Gasteiger partial charge in [0.15, 0.2) is 0 Å². The Hall–Kier alpha value is -0.440. The summed E-state index contributed by atoms with van der Waals surface area (Å²) >= 11 is 0. The maximum absolute atomic E-state index is 10.2. The molecule has 66 valence electrons. The van der Waals surface area contributed by atoms with Gasteiger partial charge in [0, 0.05) is 0 Å². The summed E-state index contributed by atoms with van der Waals surface area (Å²) in [5.74, 6) is 0. The van der Waals surface area contributed by atoms with Crippen LogP contribution in [-0.2, 0) is 4.74 Å². The molecule has 0 aliphatic rings. The molecule has 0 N–H and O–H groups in total. The first kappa shape index (κ1) is 10.6. The zero-order chi connectivity index (χ0) is 8.69. The third kappa shape index (κ3) is 5.98. The van der Waals surface area contributed by atoms with Crippen molar-refractivity contribution in [3.63, 3.8) is 0 Å². The number of rotatable bonds is 6. The highest BCUT2D eigenvalue weighted by Crippen LogP contribution is 2.03. The normalized spacial score (nSPS) is 13.5. The van der Waals surface area contributed by atoms with Gasteiger partial charge in [-0.2, -0.15) is 4.91 Å². The van der Waals surface area contributed by atoms with Crippen molar-refractivity contribution in [2.45, 2.75) is 45.8 Å². The first-order valence-electron chi connectivity index (χ1n) is 4.14. The van der Waals surface area contributed by atoms with Gasteiger partial charge in [0.25, 0.3) is 0 Å². The molecule has 0 aliphatic carbocycles. The second-order valence-corrected chi connectivity index (χ2v) is 2.93. The molecule has 3 heteroatoms. The summed E-state index contributed by atoms with van der Waals surface area (Å²) in [7, 11) is 0. The van der Waals surface area contributed by atoms with Crippen LogP contribution in [0.4, 0.5) is 0 Å². The Balaban J connectivity index is 3.43. The molecule has 0 radical (unpaired) electrons. The Morgan fingerprint density at radius 3 is 2.45 bits per heavy atom. The van der Waals surface area contributed by atoms with Gasteiger partial charge in [-0.15, -0.1) is 0 Å². The summed E-state index contributed by atoms with van der Waals surface area (Å²) in [4.78, 5) is 10.2. The van der Waals surface area contributed by atoms with E-state index < -0.39 is 0 Å². The van der Waals surface area contributed by atoms with E-state index in [9.17, 15) is 4.91 Å². The molecule has 11 heavy (non-hydrogen) atoms. The van der Waals surface area contributed by atoms with Crippen LogP contribution >= 0.6 is 0 Å². The molecule has 0 aromatic carbocycles. The first-order chi connectivity index (χ1) is 5.20. The SMILES string of the molecule is CCCC(COC(C)C)N=O. The van der Waals surface area contributed by atoms with Crippen molar-refractivity contribution < 1.29 is 4.74 Å². The predicted molar refractivity (Wildman–Crippen MR) is 45.6 cm³/mol. The second-order valence-electron chi connectivity index (χ2n) is 2.93. The van der Waals surface area contributed by atoms with Crippen LogP contribution in [0, 0.1) is 4.91 Å². The van der Waals surface area contributed by atoms with E-state index in [1.807, 2.05) is 20.8 Å². The van der Waals surface area contributed by atoms with Crippen molar-refractivity contribution in [3.05, 3.63) is 4.91 Å². The van der Waals surface area contributed by atoms with Crippen LogP contribution < -0.4 is 0 Å². The number of nitroso groups, excluding NO2 is 1. The van der Waals surface area contributed by atoms with E-state index in [4.69, 9.17) is 4.74 Å². The van der Waals surface area contributed by atoms with Gasteiger partial charge in [-0.1, -0.05) is 18.5 Å². The van der Waals surface area contributed by atoms with E-state index in [1.165, 1.54) is 0 Å². The second kappa shape index (κ2) is 6.28. The molecule has 0 saturated carbocycles. The summed E-state index contributed by atoms with van der Waals surface area (Å²) < 4.78 is 5.25. The van der Waals surface area contributed by atoms with Crippen LogP contribution in [-0.4, -0.2) is 18.8 Å². The Labute approximate surface area is 68.1 Å². The monoisotopic (exact) mass is 159 g/mol. The van der Waals surface area contributed by atoms with Crippen molar-refractivity contribution in [3.8, 4) is 0 Å². The molecule has 0 fully saturated rings. The quantitative estimate of drug-likeness (QED) is 0.558. The zero-order valence-corrected chi connectivity index (χ0v) is 7.54. The van der Waals surface area contributed by atoms with Crippen molar-refractivity contribution in [2.75, 3.05) is 6.61 Å². The molecule has 0 aromatic heterocycles. The predicted octanol–water partition coefficient (Wildman–Crippen LogP) is 2.35. The van der Waals surface area contributed by atoms with Crippen molar-refractivity contribution >= 4 is 0 Å². The number of ether oxygens (including phenoxy) is 1. The van der Waals surface area contributed by atoms with Crippen LogP contribution in [0.15, 0.2) is 5.18 Å². The van der Waals surface area contributed by atoms with E-state index >= 15 is 0 Å². The van der Waals surface area contributed by atoms with Gasteiger partial charge in [0.2, 0.25) is 0 Å². The smallest absolute Gasteiger partial charge is 0.115 e. The molecule has 1 atom stereocenters. The lowest BCUT2D eigenvalue weighted by molar-refractivity contribution is 0.0670. The minimum atomic E-state index is -0.151. The van der Waals surface area contributed by atoms with Crippen molar-refractivity contribution in [1.29, 1.82) is 0 Å². The molecule has 0 saturated heterocycles. The average molecular weight is 159 g/mol. The minimum absolute atomic E-state index is 0.151. The maximum atomic E-state index is 10.2. The minimum Gasteiger partial charge on any atom is -0.376 e. The fourth-order valence-corrected chi connectivity index (χ4v) is 0.803. The van der Waals surface area contributed by atoms with E-state index in [2.05, 4.69) is 5.18 Å². The Bertz CT molecular complexity index is 104. The average Bonchev–Trinajstić information content (AvgIpc) is 1.97. The third-order valence-corrected chi connectivity index (χ3v) is 1.39. The lowest BCUT2D eigenvalue weighted by Gasteiger charge is -2.10. The Morgan fingerprint density at radius 1 is 1.45 bits per heavy atom. The highest BCUT2D eigenvalue weighted by atomic mass is 16.5. The molecule has 0 amide bonds. The topological polar surface area (TPSA) is 38.7 Å². The standard InChI is InChI=1S/C8H17NO2/c1-4-5-8(9-10)6-11-7(2)3/h7-8H,4-6H2,1-3H3. The van der Waals surface area contributed by atoms with E-state index in [1.54, 1.807) is 0 Å². The van der Waals surface area contributed by atoms with Gasteiger partial charge >= 0.3 is 0 Å². The molecule has 0 aromatic rings. The number of nitrogens with zero attached hydrogens (tertiary/aromatic N) is 1. The maximum Gasteiger partial charge on any atom is 0.115 e. The first-order valence-corrected chi connectivity index (χ1v) is 4.14. The fraction of sp³-hybridized carbons (Fsp3) is 1.00. The summed E-state index contributed by atoms with van der Waals surface area (Å²) in [5.41, 5.74) is 0. The van der Waals surface area contributed by atoms with E-state index in [0.717, 1.165) is 12.8 Å². The fourth-order valence-electron chi connectivity index (χ4n) is 0.803. The Kier molecular flexibility index (Phi) is 6.03. The van der Waals surface area contributed by atoms with Crippen LogP contribution in [0.2, 0.25) is 0 Å². The number of hydrogen-bond acceptors (Lipinski definition) is 3. The van der Waals surface area contributed by atoms with Gasteiger partial charge in [-0.25, -0.2) is 0 Å². The molecule has 1 unspecified atom stereocenters. The Morgan fingerprint density at radius 2 is 2.09 bits per heavy atom. The highest BCUT2D eigenvalue weighted by molar-refractivity contribution is 4.63. The largest absolute Gasteiger partial charge is 0.376 e. The lowest BCUT2D eigenvalue weighted by Crippen LogP contribution is -2.16. The molecule has 0 rings (SSSR count). The summed E-state index contributed by atoms with van der Waals surface area (Å²) in [6.07, 6.45) is 2.00. The van der Waals surface area contributed by atoms with Gasteiger partial charge in [0.05, 0.1) is 12.7 Å². The summed E-state index contributed by atoms with van der Waals surface area (Å²) in [5, 5.41) is 2.97. The summed E-state index contributed by atoms with van der Waals surface area (Å²) in [6, 6.07) is -0.151. The van der Waals surface area contributed by atoms with E-state index in [-0.39, 0.29) is 12.1 Å². The molecule has 0 bridgehead atoms. The van der Waals surface area contributed by atoms with E-state index in [0.29, 0.717) is 6.61 Å². The molecular formula is C8H17NO2. The molecular weight excluding hydrogens is 142 g/mol. The van der Waals surface area contributed by atoms with Crippen LogP contribution in [0.3, 0.4) is 0 Å². The molecule has 3 nitrogen and oxygen atoms in total. The number of hydrogen-bond donors (Lipinski definition) is 0. The summed E-state index contributed by atoms with van der Waals surface area (Å²) in [6.45, 7) is 6.41. The zero-order valence-electron chi connectivity index (χ0n) is 7.54. The third-order valence-electron chi connectivity index (χ3n) is 1.39. The molecule has 0 aliphatic heterocycles. The van der Waals surface area contributed by atoms with Gasteiger partial charge in [-0.05, 0) is 20.3 Å². The van der Waals surface area contributed by atoms with Gasteiger partial charge in [-0.3, -0.25) is 0 Å². The van der Waals surface area contributed by atoms with Crippen molar-refractivity contribution in [2.24, 2.45) is 5.18 Å². The molecule has 0 heterocycles. The van der Waals surface area contributed by atoms with Crippen molar-refractivity contribution in [1.82, 2.24) is 0 Å². The van der Waals surface area contributed by atoms with Crippen LogP contribution in [0.25, 0.3) is 0 Å². The van der Waals surface area contributed by atoms with Gasteiger partial charge in [0.1, 0.15) is 6.04 Å². The highest BCUT2D eigenvalue weighted by Gasteiger charge is 2.07. The molecule has 0 spiro atoms. The van der Waals surface area contributed by atoms with Crippen LogP contribution in [0.1, 0.15) is 33.6 Å². The van der Waals surface area contributed by atoms with Crippen LogP contribution in [0.5, 0.6) is 0 Å². The van der Waals surface area contributed by atoms with Gasteiger partial charge < -0.3 is 4.74 Å².